The summed E-state index contributed by atoms with van der Waals surface area (Å²) in [6, 6.07) is 5.45. The Bertz CT molecular complexity index is 382. The first-order valence-electron chi connectivity index (χ1n) is 4.99. The van der Waals surface area contributed by atoms with Gasteiger partial charge in [0.2, 0.25) is 0 Å². The van der Waals surface area contributed by atoms with E-state index in [0.29, 0.717) is 17.3 Å². The van der Waals surface area contributed by atoms with Crippen LogP contribution in [0.1, 0.15) is 12.5 Å². The molecule has 1 N–H and O–H groups in total. The highest BCUT2D eigenvalue weighted by Gasteiger charge is 2.05. The van der Waals surface area contributed by atoms with Crippen LogP contribution in [0.5, 0.6) is 0 Å². The van der Waals surface area contributed by atoms with E-state index >= 15 is 0 Å². The van der Waals surface area contributed by atoms with E-state index < -0.39 is 0 Å². The molecule has 4 heteroatoms. The minimum Gasteiger partial charge on any atom is -0.501 e. The van der Waals surface area contributed by atoms with Crippen molar-refractivity contribution in [3.63, 3.8) is 0 Å². The summed E-state index contributed by atoms with van der Waals surface area (Å²) in [6.45, 7) is 4.27. The molecule has 16 heavy (non-hydrogen) atoms. The molecule has 1 aromatic carbocycles. The van der Waals surface area contributed by atoms with Crippen LogP contribution in [0.25, 0.3) is 0 Å². The third-order valence-electron chi connectivity index (χ3n) is 1.95. The van der Waals surface area contributed by atoms with Gasteiger partial charge in [0.25, 0.3) is 5.91 Å². The van der Waals surface area contributed by atoms with Crippen molar-refractivity contribution in [1.29, 1.82) is 0 Å². The number of halogens is 1. The average molecular weight is 240 g/mol. The highest BCUT2D eigenvalue weighted by Crippen LogP contribution is 2.24. The fourth-order valence-electron chi connectivity index (χ4n) is 1.16. The Morgan fingerprint density at radius 1 is 1.56 bits per heavy atom. The number of rotatable bonds is 4. The summed E-state index contributed by atoms with van der Waals surface area (Å²) < 4.78 is 4.93. The van der Waals surface area contributed by atoms with Gasteiger partial charge in [0.05, 0.1) is 23.6 Å². The molecule has 0 aliphatic carbocycles. The quantitative estimate of drug-likeness (QED) is 0.648. The molecule has 0 aromatic heterocycles. The van der Waals surface area contributed by atoms with Crippen LogP contribution in [0.2, 0.25) is 5.02 Å². The van der Waals surface area contributed by atoms with E-state index in [1.165, 1.54) is 12.3 Å². The lowest BCUT2D eigenvalue weighted by atomic mass is 10.2. The Morgan fingerprint density at radius 3 is 2.94 bits per heavy atom. The molecule has 0 unspecified atom stereocenters. The number of carbonyl (C=O) groups is 1. The monoisotopic (exact) mass is 239 g/mol. The van der Waals surface area contributed by atoms with Crippen molar-refractivity contribution in [1.82, 2.24) is 0 Å². The Balaban J connectivity index is 2.70. The maximum Gasteiger partial charge on any atom is 0.251 e. The van der Waals surface area contributed by atoms with Crippen LogP contribution in [0.3, 0.4) is 0 Å². The molecule has 0 bridgehead atoms. The summed E-state index contributed by atoms with van der Waals surface area (Å²) in [5.74, 6) is -0.260. The fourth-order valence-corrected chi connectivity index (χ4v) is 1.43. The minimum atomic E-state index is -0.260. The maximum atomic E-state index is 11.5. The molecule has 1 rings (SSSR count). The zero-order chi connectivity index (χ0) is 12.0. The van der Waals surface area contributed by atoms with E-state index in [2.05, 4.69) is 5.32 Å². The van der Waals surface area contributed by atoms with Crippen LogP contribution in [0.4, 0.5) is 5.69 Å². The number of benzene rings is 1. The van der Waals surface area contributed by atoms with Gasteiger partial charge >= 0.3 is 0 Å². The third kappa shape index (κ3) is 3.59. The zero-order valence-corrected chi connectivity index (χ0v) is 10.0. The van der Waals surface area contributed by atoms with Crippen LogP contribution in [0.15, 0.2) is 30.5 Å². The molecule has 0 saturated carbocycles. The number of anilines is 1. The second kappa shape index (κ2) is 6.18. The van der Waals surface area contributed by atoms with Crippen molar-refractivity contribution in [3.05, 3.63) is 41.1 Å². The van der Waals surface area contributed by atoms with Gasteiger partial charge in [0, 0.05) is 6.08 Å². The SMILES string of the molecule is CCOC=CC(=O)Nc1c(C)cccc1Cl. The lowest BCUT2D eigenvalue weighted by Gasteiger charge is -2.07. The van der Waals surface area contributed by atoms with Crippen molar-refractivity contribution < 1.29 is 9.53 Å². The van der Waals surface area contributed by atoms with Crippen LogP contribution in [-0.4, -0.2) is 12.5 Å². The first-order chi connectivity index (χ1) is 7.65. The summed E-state index contributed by atoms with van der Waals surface area (Å²) in [5, 5.41) is 3.23. The molecule has 3 nitrogen and oxygen atoms in total. The lowest BCUT2D eigenvalue weighted by Crippen LogP contribution is -2.09. The number of amides is 1. The van der Waals surface area contributed by atoms with Gasteiger partial charge in [-0.2, -0.15) is 0 Å². The van der Waals surface area contributed by atoms with Crippen LogP contribution in [-0.2, 0) is 9.53 Å². The molecule has 0 aliphatic heterocycles. The lowest BCUT2D eigenvalue weighted by molar-refractivity contribution is -0.112. The standard InChI is InChI=1S/C12H14ClNO2/c1-3-16-8-7-11(15)14-12-9(2)5-4-6-10(12)13/h4-8H,3H2,1-2H3,(H,14,15). The van der Waals surface area contributed by atoms with Gasteiger partial charge in [0.1, 0.15) is 0 Å². The fraction of sp³-hybridized carbons (Fsp3) is 0.250. The minimum absolute atomic E-state index is 0.260. The van der Waals surface area contributed by atoms with Crippen molar-refractivity contribution >= 4 is 23.2 Å². The predicted molar refractivity (Wildman–Crippen MR) is 65.6 cm³/mol. The van der Waals surface area contributed by atoms with Crippen LogP contribution in [0, 0.1) is 6.92 Å². The summed E-state index contributed by atoms with van der Waals surface area (Å²) in [4.78, 5) is 11.5. The van der Waals surface area contributed by atoms with Gasteiger partial charge in [-0.15, -0.1) is 0 Å². The Morgan fingerprint density at radius 2 is 2.31 bits per heavy atom. The number of ether oxygens (including phenoxy) is 1. The molecule has 86 valence electrons. The number of aryl methyl sites for hydroxylation is 1. The number of para-hydroxylation sites is 1. The molecule has 1 amide bonds. The van der Waals surface area contributed by atoms with Crippen molar-refractivity contribution in [2.75, 3.05) is 11.9 Å². The van der Waals surface area contributed by atoms with Crippen LogP contribution < -0.4 is 5.32 Å². The molecule has 1 aromatic rings. The van der Waals surface area contributed by atoms with E-state index in [9.17, 15) is 4.79 Å². The van der Waals surface area contributed by atoms with Gasteiger partial charge < -0.3 is 10.1 Å². The molecular formula is C12H14ClNO2. The summed E-state index contributed by atoms with van der Waals surface area (Å²) >= 11 is 5.96. The highest BCUT2D eigenvalue weighted by atomic mass is 35.5. The predicted octanol–water partition coefficient (Wildman–Crippen LogP) is 3.14. The molecule has 0 heterocycles. The number of carbonyl (C=O) groups excluding carboxylic acids is 1. The molecule has 0 spiro atoms. The van der Waals surface area contributed by atoms with Gasteiger partial charge in [0.15, 0.2) is 0 Å². The van der Waals surface area contributed by atoms with Gasteiger partial charge in [-0.25, -0.2) is 0 Å². The molecule has 0 radical (unpaired) electrons. The van der Waals surface area contributed by atoms with E-state index in [0.717, 1.165) is 5.56 Å². The van der Waals surface area contributed by atoms with E-state index in [1.54, 1.807) is 6.07 Å². The average Bonchev–Trinajstić information content (AvgIpc) is 2.24. The molecule has 0 aliphatic rings. The van der Waals surface area contributed by atoms with Crippen molar-refractivity contribution in [3.8, 4) is 0 Å². The molecule has 0 fully saturated rings. The molecule has 0 saturated heterocycles. The van der Waals surface area contributed by atoms with Gasteiger partial charge in [-0.1, -0.05) is 23.7 Å². The summed E-state index contributed by atoms with van der Waals surface area (Å²) in [7, 11) is 0. The number of nitrogens with one attached hydrogen (secondary N) is 1. The zero-order valence-electron chi connectivity index (χ0n) is 9.29. The normalized spacial score (nSPS) is 10.4. The Kier molecular flexibility index (Phi) is 4.86. The van der Waals surface area contributed by atoms with E-state index in [4.69, 9.17) is 16.3 Å². The third-order valence-corrected chi connectivity index (χ3v) is 2.27. The van der Waals surface area contributed by atoms with Gasteiger partial charge in [-0.3, -0.25) is 4.79 Å². The van der Waals surface area contributed by atoms with E-state index in [-0.39, 0.29) is 5.91 Å². The topological polar surface area (TPSA) is 38.3 Å². The number of hydrogen-bond acceptors (Lipinski definition) is 2. The summed E-state index contributed by atoms with van der Waals surface area (Å²) in [5.41, 5.74) is 1.56. The summed E-state index contributed by atoms with van der Waals surface area (Å²) in [6.07, 6.45) is 2.69. The highest BCUT2D eigenvalue weighted by molar-refractivity contribution is 6.34. The molecular weight excluding hydrogens is 226 g/mol. The van der Waals surface area contributed by atoms with Crippen molar-refractivity contribution in [2.45, 2.75) is 13.8 Å². The smallest absolute Gasteiger partial charge is 0.251 e. The largest absolute Gasteiger partial charge is 0.501 e. The Hall–Kier alpha value is -1.48. The Labute approximate surface area is 100 Å². The second-order valence-corrected chi connectivity index (χ2v) is 3.59. The first kappa shape index (κ1) is 12.6. The van der Waals surface area contributed by atoms with Gasteiger partial charge in [-0.05, 0) is 25.5 Å². The first-order valence-corrected chi connectivity index (χ1v) is 5.37. The molecule has 0 atom stereocenters. The van der Waals surface area contributed by atoms with Crippen molar-refractivity contribution in [2.24, 2.45) is 0 Å². The second-order valence-electron chi connectivity index (χ2n) is 3.18. The van der Waals surface area contributed by atoms with E-state index in [1.807, 2.05) is 26.0 Å². The maximum absolute atomic E-state index is 11.5. The number of hydrogen-bond donors (Lipinski definition) is 1. The van der Waals surface area contributed by atoms with Crippen LogP contribution >= 0.6 is 11.6 Å².